The van der Waals surface area contributed by atoms with E-state index in [1.165, 1.54) is 18.9 Å². The van der Waals surface area contributed by atoms with E-state index < -0.39 is 0 Å². The second-order valence-corrected chi connectivity index (χ2v) is 4.76. The molecule has 0 bridgehead atoms. The molecule has 0 aliphatic carbocycles. The highest BCUT2D eigenvalue weighted by Gasteiger charge is 2.05. The molecule has 2 N–H and O–H groups in total. The third-order valence-corrected chi connectivity index (χ3v) is 3.25. The van der Waals surface area contributed by atoms with Gasteiger partial charge in [-0.2, -0.15) is 15.0 Å². The second kappa shape index (κ2) is 5.88. The van der Waals surface area contributed by atoms with Gasteiger partial charge >= 0.3 is 6.01 Å². The largest absolute Gasteiger partial charge is 0.467 e. The Morgan fingerprint density at radius 3 is 2.61 bits per heavy atom. The van der Waals surface area contributed by atoms with Crippen molar-refractivity contribution >= 4 is 29.3 Å². The summed E-state index contributed by atoms with van der Waals surface area (Å²) in [6.07, 6.45) is 0. The molecule has 1 aromatic heterocycles. The van der Waals surface area contributed by atoms with E-state index in [2.05, 4.69) is 15.0 Å². The fraction of sp³-hybridized carbons (Fsp3) is 0.182. The van der Waals surface area contributed by atoms with Gasteiger partial charge in [-0.25, -0.2) is 0 Å². The monoisotopic (exact) mass is 282 g/mol. The van der Waals surface area contributed by atoms with Crippen LogP contribution in [0.2, 0.25) is 5.02 Å². The van der Waals surface area contributed by atoms with Gasteiger partial charge in [0, 0.05) is 10.8 Å². The number of thioether (sulfide) groups is 1. The molecule has 0 aliphatic heterocycles. The zero-order chi connectivity index (χ0) is 13.0. The van der Waals surface area contributed by atoms with E-state index in [-0.39, 0.29) is 12.0 Å². The lowest BCUT2D eigenvalue weighted by Crippen LogP contribution is -2.02. The van der Waals surface area contributed by atoms with Gasteiger partial charge in [0.2, 0.25) is 5.95 Å². The Morgan fingerprint density at radius 1 is 1.22 bits per heavy atom. The van der Waals surface area contributed by atoms with Crippen molar-refractivity contribution in [3.05, 3.63) is 34.9 Å². The molecule has 0 spiro atoms. The number of anilines is 1. The Labute approximate surface area is 114 Å². The number of aromatic nitrogens is 3. The van der Waals surface area contributed by atoms with Gasteiger partial charge in [0.05, 0.1) is 7.11 Å². The minimum Gasteiger partial charge on any atom is -0.467 e. The van der Waals surface area contributed by atoms with E-state index in [0.717, 1.165) is 16.3 Å². The molecule has 2 rings (SSSR count). The van der Waals surface area contributed by atoms with Gasteiger partial charge < -0.3 is 10.5 Å². The maximum absolute atomic E-state index is 5.82. The van der Waals surface area contributed by atoms with E-state index in [4.69, 9.17) is 22.1 Å². The van der Waals surface area contributed by atoms with Gasteiger partial charge in [-0.1, -0.05) is 35.5 Å². The molecule has 0 amide bonds. The van der Waals surface area contributed by atoms with Crippen molar-refractivity contribution < 1.29 is 4.74 Å². The Balaban J connectivity index is 2.05. The van der Waals surface area contributed by atoms with E-state index in [0.29, 0.717) is 5.16 Å². The SMILES string of the molecule is COc1nc(N)nc(SCc2ccc(Cl)cc2)n1. The number of hydrogen-bond donors (Lipinski definition) is 1. The lowest BCUT2D eigenvalue weighted by atomic mass is 10.2. The molecule has 0 fully saturated rings. The van der Waals surface area contributed by atoms with Gasteiger partial charge in [0.25, 0.3) is 0 Å². The maximum Gasteiger partial charge on any atom is 0.321 e. The van der Waals surface area contributed by atoms with Crippen LogP contribution in [0.1, 0.15) is 5.56 Å². The average molecular weight is 283 g/mol. The van der Waals surface area contributed by atoms with Crippen LogP contribution in [0.25, 0.3) is 0 Å². The van der Waals surface area contributed by atoms with Gasteiger partial charge in [-0.15, -0.1) is 0 Å². The minimum atomic E-state index is 0.153. The molecule has 1 aromatic carbocycles. The first kappa shape index (κ1) is 12.9. The summed E-state index contributed by atoms with van der Waals surface area (Å²) >= 11 is 7.27. The Kier molecular flexibility index (Phi) is 4.22. The summed E-state index contributed by atoms with van der Waals surface area (Å²) in [6.45, 7) is 0. The zero-order valence-electron chi connectivity index (χ0n) is 9.63. The van der Waals surface area contributed by atoms with Crippen LogP contribution in [0, 0.1) is 0 Å². The maximum atomic E-state index is 5.82. The van der Waals surface area contributed by atoms with Crippen molar-refractivity contribution in [3.8, 4) is 6.01 Å². The van der Waals surface area contributed by atoms with Crippen LogP contribution in [0.15, 0.2) is 29.4 Å². The standard InChI is InChI=1S/C11H11ClN4OS/c1-17-10-14-9(13)15-11(16-10)18-6-7-2-4-8(12)5-3-7/h2-5H,6H2,1H3,(H2,13,14,15,16). The molecule has 2 aromatic rings. The summed E-state index contributed by atoms with van der Waals surface area (Å²) in [5.41, 5.74) is 6.68. The van der Waals surface area contributed by atoms with E-state index in [1.807, 2.05) is 24.3 Å². The molecule has 7 heteroatoms. The van der Waals surface area contributed by atoms with E-state index in [1.54, 1.807) is 0 Å². The number of hydrogen-bond acceptors (Lipinski definition) is 6. The van der Waals surface area contributed by atoms with Crippen LogP contribution in [0.4, 0.5) is 5.95 Å². The fourth-order valence-corrected chi connectivity index (χ4v) is 2.15. The number of nitrogens with two attached hydrogens (primary N) is 1. The average Bonchev–Trinajstić information content (AvgIpc) is 2.37. The fourth-order valence-electron chi connectivity index (χ4n) is 1.24. The smallest absolute Gasteiger partial charge is 0.321 e. The quantitative estimate of drug-likeness (QED) is 0.868. The molecule has 0 saturated carbocycles. The van der Waals surface area contributed by atoms with Crippen molar-refractivity contribution in [3.63, 3.8) is 0 Å². The Bertz CT molecular complexity index is 535. The minimum absolute atomic E-state index is 0.153. The highest BCUT2D eigenvalue weighted by molar-refractivity contribution is 7.98. The third kappa shape index (κ3) is 3.48. The first-order valence-corrected chi connectivity index (χ1v) is 6.46. The predicted octanol–water partition coefficient (Wildman–Crippen LogP) is 2.41. The van der Waals surface area contributed by atoms with Gasteiger partial charge in [-0.05, 0) is 17.7 Å². The van der Waals surface area contributed by atoms with E-state index >= 15 is 0 Å². The molecule has 94 valence electrons. The first-order chi connectivity index (χ1) is 8.67. The summed E-state index contributed by atoms with van der Waals surface area (Å²) in [6, 6.07) is 7.83. The third-order valence-electron chi connectivity index (χ3n) is 2.08. The molecule has 18 heavy (non-hydrogen) atoms. The first-order valence-electron chi connectivity index (χ1n) is 5.10. The molecule has 0 atom stereocenters. The summed E-state index contributed by atoms with van der Waals surface area (Å²) in [5.74, 6) is 0.879. The normalized spacial score (nSPS) is 10.3. The van der Waals surface area contributed by atoms with Crippen molar-refractivity contribution in [1.29, 1.82) is 0 Å². The molecule has 0 aliphatic rings. The number of nitrogens with zero attached hydrogens (tertiary/aromatic N) is 3. The summed E-state index contributed by atoms with van der Waals surface area (Å²) in [7, 11) is 1.49. The van der Waals surface area contributed by atoms with Gasteiger partial charge in [-0.3, -0.25) is 0 Å². The van der Waals surface area contributed by atoms with Crippen LogP contribution in [0.5, 0.6) is 6.01 Å². The number of nitrogen functional groups attached to an aromatic ring is 1. The number of ether oxygens (including phenoxy) is 1. The molecule has 0 unspecified atom stereocenters. The Hall–Kier alpha value is -1.53. The molecular formula is C11H11ClN4OS. The van der Waals surface area contributed by atoms with Crippen LogP contribution in [-0.2, 0) is 5.75 Å². The summed E-state index contributed by atoms with van der Waals surface area (Å²) in [5, 5.41) is 1.25. The lowest BCUT2D eigenvalue weighted by Gasteiger charge is -2.03. The van der Waals surface area contributed by atoms with Crippen LogP contribution in [-0.4, -0.2) is 22.1 Å². The van der Waals surface area contributed by atoms with Crippen molar-refractivity contribution in [2.24, 2.45) is 0 Å². The van der Waals surface area contributed by atoms with Crippen LogP contribution >= 0.6 is 23.4 Å². The van der Waals surface area contributed by atoms with Crippen molar-refractivity contribution in [2.45, 2.75) is 10.9 Å². The van der Waals surface area contributed by atoms with Crippen molar-refractivity contribution in [1.82, 2.24) is 15.0 Å². The summed E-state index contributed by atoms with van der Waals surface area (Å²) < 4.78 is 4.93. The second-order valence-electron chi connectivity index (χ2n) is 3.38. The number of methoxy groups -OCH3 is 1. The molecule has 5 nitrogen and oxygen atoms in total. The number of halogens is 1. The molecule has 0 saturated heterocycles. The van der Waals surface area contributed by atoms with Gasteiger partial charge in [0.15, 0.2) is 5.16 Å². The summed E-state index contributed by atoms with van der Waals surface area (Å²) in [4.78, 5) is 11.9. The zero-order valence-corrected chi connectivity index (χ0v) is 11.2. The van der Waals surface area contributed by atoms with Crippen LogP contribution in [0.3, 0.4) is 0 Å². The number of rotatable bonds is 4. The topological polar surface area (TPSA) is 73.9 Å². The highest BCUT2D eigenvalue weighted by atomic mass is 35.5. The van der Waals surface area contributed by atoms with E-state index in [9.17, 15) is 0 Å². The van der Waals surface area contributed by atoms with Crippen LogP contribution < -0.4 is 10.5 Å². The Morgan fingerprint density at radius 2 is 1.94 bits per heavy atom. The molecule has 0 radical (unpaired) electrons. The van der Waals surface area contributed by atoms with Gasteiger partial charge in [0.1, 0.15) is 0 Å². The molecule has 1 heterocycles. The predicted molar refractivity (Wildman–Crippen MR) is 71.8 cm³/mol. The van der Waals surface area contributed by atoms with Crippen molar-refractivity contribution in [2.75, 3.05) is 12.8 Å². The highest BCUT2D eigenvalue weighted by Crippen LogP contribution is 2.22. The number of benzene rings is 1. The molecular weight excluding hydrogens is 272 g/mol. The lowest BCUT2D eigenvalue weighted by molar-refractivity contribution is 0.374.